The smallest absolute Gasteiger partial charge is 0.261 e. The van der Waals surface area contributed by atoms with E-state index in [2.05, 4.69) is 34.5 Å². The van der Waals surface area contributed by atoms with Crippen LogP contribution in [0.2, 0.25) is 0 Å². The van der Waals surface area contributed by atoms with Crippen LogP contribution in [-0.2, 0) is 6.42 Å². The summed E-state index contributed by atoms with van der Waals surface area (Å²) in [6.07, 6.45) is 4.62. The Morgan fingerprint density at radius 2 is 1.77 bits per heavy atom. The van der Waals surface area contributed by atoms with Crippen LogP contribution in [0.3, 0.4) is 0 Å². The molecule has 4 nitrogen and oxygen atoms in total. The molecule has 1 N–H and O–H groups in total. The van der Waals surface area contributed by atoms with Crippen molar-refractivity contribution in [1.82, 2.24) is 15.5 Å². The van der Waals surface area contributed by atoms with Gasteiger partial charge in [-0.15, -0.1) is 0 Å². The zero-order chi connectivity index (χ0) is 24.1. The van der Waals surface area contributed by atoms with Crippen LogP contribution in [0.5, 0.6) is 0 Å². The van der Waals surface area contributed by atoms with Gasteiger partial charge in [-0.1, -0.05) is 42.4 Å². The van der Waals surface area contributed by atoms with Crippen LogP contribution in [0.25, 0.3) is 34.0 Å². The summed E-state index contributed by atoms with van der Waals surface area (Å²) in [6.45, 7) is 4.12. The van der Waals surface area contributed by atoms with Crippen molar-refractivity contribution in [3.05, 3.63) is 82.9 Å². The SMILES string of the molecule is Cc1cc(-c2nc(-c3ccc4c(c3)CCC4N[C@H]3C[C@H](C)C3)no2)c(F)cc1-c1ccccc1F. The number of fused-ring (bicyclic) bond motifs is 1. The van der Waals surface area contributed by atoms with Gasteiger partial charge in [-0.3, -0.25) is 0 Å². The van der Waals surface area contributed by atoms with Gasteiger partial charge in [0.05, 0.1) is 5.56 Å². The molecular formula is C29H27F2N3O. The number of benzene rings is 3. The topological polar surface area (TPSA) is 51.0 Å². The number of nitrogens with zero attached hydrogens (tertiary/aromatic N) is 2. The van der Waals surface area contributed by atoms with Crippen LogP contribution in [0.4, 0.5) is 8.78 Å². The number of aryl methyl sites for hydroxylation is 2. The van der Waals surface area contributed by atoms with E-state index in [1.54, 1.807) is 24.3 Å². The number of hydrogen-bond donors (Lipinski definition) is 1. The summed E-state index contributed by atoms with van der Waals surface area (Å²) < 4.78 is 34.8. The van der Waals surface area contributed by atoms with Gasteiger partial charge >= 0.3 is 0 Å². The molecule has 1 atom stereocenters. The molecule has 3 aromatic carbocycles. The van der Waals surface area contributed by atoms with Crippen molar-refractivity contribution in [2.45, 2.75) is 51.6 Å². The molecule has 178 valence electrons. The lowest BCUT2D eigenvalue weighted by Gasteiger charge is -2.36. The maximum absolute atomic E-state index is 15.1. The Morgan fingerprint density at radius 3 is 2.57 bits per heavy atom. The van der Waals surface area contributed by atoms with E-state index < -0.39 is 5.82 Å². The quantitative estimate of drug-likeness (QED) is 0.339. The maximum Gasteiger partial charge on any atom is 0.261 e. The zero-order valence-corrected chi connectivity index (χ0v) is 19.8. The molecule has 35 heavy (non-hydrogen) atoms. The minimum atomic E-state index is -0.530. The molecule has 1 heterocycles. The average molecular weight is 472 g/mol. The summed E-state index contributed by atoms with van der Waals surface area (Å²) in [6, 6.07) is 16.6. The highest BCUT2D eigenvalue weighted by atomic mass is 19.1. The molecule has 2 aliphatic rings. The molecule has 0 aliphatic heterocycles. The molecule has 0 amide bonds. The molecule has 4 aromatic rings. The number of halogens is 2. The molecule has 1 fully saturated rings. The molecular weight excluding hydrogens is 444 g/mol. The monoisotopic (exact) mass is 471 g/mol. The molecule has 0 saturated heterocycles. The van der Waals surface area contributed by atoms with Crippen molar-refractivity contribution in [3.63, 3.8) is 0 Å². The van der Waals surface area contributed by atoms with Gasteiger partial charge in [0.25, 0.3) is 5.89 Å². The number of nitrogens with one attached hydrogen (secondary N) is 1. The van der Waals surface area contributed by atoms with Crippen molar-refractivity contribution in [2.24, 2.45) is 5.92 Å². The van der Waals surface area contributed by atoms with E-state index in [9.17, 15) is 4.39 Å². The second-order valence-electron chi connectivity index (χ2n) is 9.99. The second-order valence-corrected chi connectivity index (χ2v) is 9.99. The van der Waals surface area contributed by atoms with Gasteiger partial charge in [0.1, 0.15) is 11.6 Å². The largest absolute Gasteiger partial charge is 0.334 e. The van der Waals surface area contributed by atoms with Crippen molar-refractivity contribution in [1.29, 1.82) is 0 Å². The minimum absolute atomic E-state index is 0.111. The van der Waals surface area contributed by atoms with Crippen LogP contribution in [-0.4, -0.2) is 16.2 Å². The molecule has 6 heteroatoms. The van der Waals surface area contributed by atoms with Crippen LogP contribution in [0, 0.1) is 24.5 Å². The normalized spacial score (nSPS) is 21.1. The Hall–Kier alpha value is -3.38. The van der Waals surface area contributed by atoms with Gasteiger partial charge in [-0.2, -0.15) is 4.98 Å². The fourth-order valence-electron chi connectivity index (χ4n) is 5.52. The first-order valence-electron chi connectivity index (χ1n) is 12.2. The first-order chi connectivity index (χ1) is 17.0. The lowest BCUT2D eigenvalue weighted by Crippen LogP contribution is -2.41. The third kappa shape index (κ3) is 4.06. The summed E-state index contributed by atoms with van der Waals surface area (Å²) in [5, 5.41) is 7.93. The van der Waals surface area contributed by atoms with Crippen molar-refractivity contribution in [3.8, 4) is 34.0 Å². The molecule has 0 bridgehead atoms. The van der Waals surface area contributed by atoms with E-state index in [1.165, 1.54) is 36.1 Å². The van der Waals surface area contributed by atoms with E-state index in [-0.39, 0.29) is 17.3 Å². The van der Waals surface area contributed by atoms with Crippen LogP contribution in [0.15, 0.2) is 59.1 Å². The predicted octanol–water partition coefficient (Wildman–Crippen LogP) is 7.03. The van der Waals surface area contributed by atoms with E-state index in [0.717, 1.165) is 29.9 Å². The fraction of sp³-hybridized carbons (Fsp3) is 0.310. The average Bonchev–Trinajstić information content (AvgIpc) is 3.47. The van der Waals surface area contributed by atoms with E-state index in [1.807, 2.05) is 13.0 Å². The standard InChI is InChI=1S/C29H27F2N3O/c1-16-11-20(12-16)32-27-10-8-18-14-19(7-9-21(18)27)28-33-29(35-34-28)24-13-17(2)23(15-26(24)31)22-5-3-4-6-25(22)30/h3-7,9,13-16,20,27,32H,8,10-12H2,1-2H3/t16-,20-,27?. The molecule has 0 spiro atoms. The summed E-state index contributed by atoms with van der Waals surface area (Å²) in [5.74, 6) is 0.450. The first-order valence-corrected chi connectivity index (χ1v) is 12.2. The number of aromatic nitrogens is 2. The van der Waals surface area contributed by atoms with Crippen LogP contribution in [0.1, 0.15) is 48.9 Å². The fourth-order valence-corrected chi connectivity index (χ4v) is 5.52. The lowest BCUT2D eigenvalue weighted by atomic mass is 9.81. The third-order valence-corrected chi connectivity index (χ3v) is 7.42. The summed E-state index contributed by atoms with van der Waals surface area (Å²) in [4.78, 5) is 4.49. The van der Waals surface area contributed by atoms with Crippen molar-refractivity contribution < 1.29 is 13.3 Å². The Bertz CT molecular complexity index is 1410. The third-order valence-electron chi connectivity index (χ3n) is 7.42. The molecule has 1 aromatic heterocycles. The van der Waals surface area contributed by atoms with Crippen LogP contribution >= 0.6 is 0 Å². The molecule has 2 aliphatic carbocycles. The lowest BCUT2D eigenvalue weighted by molar-refractivity contribution is 0.222. The molecule has 1 unspecified atom stereocenters. The first kappa shape index (κ1) is 22.1. The van der Waals surface area contributed by atoms with Crippen molar-refractivity contribution in [2.75, 3.05) is 0 Å². The summed E-state index contributed by atoms with van der Waals surface area (Å²) in [7, 11) is 0. The molecule has 1 saturated carbocycles. The predicted molar refractivity (Wildman–Crippen MR) is 132 cm³/mol. The Morgan fingerprint density at radius 1 is 0.943 bits per heavy atom. The van der Waals surface area contributed by atoms with Gasteiger partial charge in [0.2, 0.25) is 5.82 Å². The minimum Gasteiger partial charge on any atom is -0.334 e. The van der Waals surface area contributed by atoms with Gasteiger partial charge in [-0.25, -0.2) is 8.78 Å². The van der Waals surface area contributed by atoms with E-state index in [4.69, 9.17) is 4.52 Å². The molecule has 6 rings (SSSR count). The molecule has 0 radical (unpaired) electrons. The van der Waals surface area contributed by atoms with Gasteiger partial charge in [0.15, 0.2) is 0 Å². The van der Waals surface area contributed by atoms with E-state index >= 15 is 4.39 Å². The van der Waals surface area contributed by atoms with Gasteiger partial charge in [-0.05, 0) is 85.0 Å². The second kappa shape index (κ2) is 8.68. The number of hydrogen-bond acceptors (Lipinski definition) is 4. The maximum atomic E-state index is 15.1. The highest BCUT2D eigenvalue weighted by Gasteiger charge is 2.31. The Kier molecular flexibility index (Phi) is 5.49. The highest BCUT2D eigenvalue weighted by Crippen LogP contribution is 2.37. The highest BCUT2D eigenvalue weighted by molar-refractivity contribution is 5.72. The summed E-state index contributed by atoms with van der Waals surface area (Å²) >= 11 is 0. The van der Waals surface area contributed by atoms with Crippen LogP contribution < -0.4 is 5.32 Å². The van der Waals surface area contributed by atoms with Crippen molar-refractivity contribution >= 4 is 0 Å². The number of rotatable bonds is 5. The van der Waals surface area contributed by atoms with Gasteiger partial charge in [0, 0.05) is 23.2 Å². The summed E-state index contributed by atoms with van der Waals surface area (Å²) in [5.41, 5.74) is 5.31. The Balaban J connectivity index is 1.25. The zero-order valence-electron chi connectivity index (χ0n) is 19.8. The van der Waals surface area contributed by atoms with E-state index in [0.29, 0.717) is 29.0 Å². The van der Waals surface area contributed by atoms with Gasteiger partial charge < -0.3 is 9.84 Å². The Labute approximate surface area is 203 Å².